The number of fused-ring (bicyclic) bond motifs is 3. The maximum atomic E-state index is 5.92. The summed E-state index contributed by atoms with van der Waals surface area (Å²) in [5, 5.41) is 6.92. The Morgan fingerprint density at radius 1 is 1.36 bits per heavy atom. The molecule has 134 valence electrons. The minimum atomic E-state index is 0.367. The Kier molecular flexibility index (Phi) is 4.88. The fraction of sp³-hybridized carbons (Fsp3) is 0.579. The first-order valence-corrected chi connectivity index (χ1v) is 9.43. The van der Waals surface area contributed by atoms with E-state index in [0.29, 0.717) is 18.2 Å². The molecule has 4 rings (SSSR count). The normalized spacial score (nSPS) is 25.6. The van der Waals surface area contributed by atoms with Gasteiger partial charge in [-0.25, -0.2) is 4.98 Å². The van der Waals surface area contributed by atoms with Crippen molar-refractivity contribution in [3.8, 4) is 0 Å². The van der Waals surface area contributed by atoms with Gasteiger partial charge in [0.1, 0.15) is 0 Å². The monoisotopic (exact) mass is 341 g/mol. The predicted molar refractivity (Wildman–Crippen MR) is 99.8 cm³/mol. The van der Waals surface area contributed by atoms with Gasteiger partial charge in [0.25, 0.3) is 0 Å². The molecule has 0 amide bonds. The third kappa shape index (κ3) is 3.63. The Morgan fingerprint density at radius 3 is 3.08 bits per heavy atom. The second-order valence-corrected chi connectivity index (χ2v) is 6.90. The highest BCUT2D eigenvalue weighted by Gasteiger charge is 2.41. The van der Waals surface area contributed by atoms with E-state index in [0.717, 1.165) is 44.0 Å². The van der Waals surface area contributed by atoms with E-state index in [-0.39, 0.29) is 0 Å². The molecule has 1 aromatic heterocycles. The lowest BCUT2D eigenvalue weighted by atomic mass is 9.96. The quantitative estimate of drug-likeness (QED) is 0.481. The molecule has 2 saturated heterocycles. The summed E-state index contributed by atoms with van der Waals surface area (Å²) >= 11 is 0. The summed E-state index contributed by atoms with van der Waals surface area (Å²) in [6, 6.07) is 8.66. The van der Waals surface area contributed by atoms with Gasteiger partial charge in [-0.2, -0.15) is 0 Å². The second kappa shape index (κ2) is 7.44. The molecule has 6 nitrogen and oxygen atoms in total. The fourth-order valence-electron chi connectivity index (χ4n) is 3.91. The van der Waals surface area contributed by atoms with Crippen LogP contribution in [0.5, 0.6) is 0 Å². The third-order valence-electron chi connectivity index (χ3n) is 5.13. The number of imidazole rings is 1. The number of nitrogens with zero attached hydrogens (tertiary/aromatic N) is 3. The molecule has 2 aromatic rings. The van der Waals surface area contributed by atoms with Crippen LogP contribution in [0, 0.1) is 0 Å². The van der Waals surface area contributed by atoms with E-state index < -0.39 is 0 Å². The lowest BCUT2D eigenvalue weighted by Gasteiger charge is -2.22. The van der Waals surface area contributed by atoms with E-state index in [9.17, 15) is 0 Å². The van der Waals surface area contributed by atoms with Crippen LogP contribution in [0.4, 0.5) is 0 Å². The van der Waals surface area contributed by atoms with E-state index >= 15 is 0 Å². The van der Waals surface area contributed by atoms with E-state index in [1.54, 1.807) is 0 Å². The average molecular weight is 341 g/mol. The van der Waals surface area contributed by atoms with Gasteiger partial charge in [0.05, 0.1) is 35.6 Å². The SMILES string of the molecule is CCNC(=NCCCn1cnc2ccccc21)NC1CC2CCC1O2. The van der Waals surface area contributed by atoms with E-state index in [4.69, 9.17) is 9.73 Å². The van der Waals surface area contributed by atoms with Crippen molar-refractivity contribution in [2.24, 2.45) is 4.99 Å². The van der Waals surface area contributed by atoms with Gasteiger partial charge in [0.15, 0.2) is 5.96 Å². The number of aliphatic imine (C=N–C) groups is 1. The van der Waals surface area contributed by atoms with Crippen molar-refractivity contribution in [3.63, 3.8) is 0 Å². The highest BCUT2D eigenvalue weighted by atomic mass is 16.5. The van der Waals surface area contributed by atoms with Gasteiger partial charge in [-0.3, -0.25) is 4.99 Å². The zero-order valence-corrected chi connectivity index (χ0v) is 14.8. The Labute approximate surface area is 148 Å². The molecule has 1 aromatic carbocycles. The van der Waals surface area contributed by atoms with E-state index in [1.807, 2.05) is 12.4 Å². The number of aryl methyl sites for hydroxylation is 1. The van der Waals surface area contributed by atoms with Crippen LogP contribution in [-0.2, 0) is 11.3 Å². The van der Waals surface area contributed by atoms with Crippen molar-refractivity contribution in [1.29, 1.82) is 0 Å². The molecular weight excluding hydrogens is 314 g/mol. The highest BCUT2D eigenvalue weighted by Crippen LogP contribution is 2.34. The summed E-state index contributed by atoms with van der Waals surface area (Å²) in [6.45, 7) is 4.70. The van der Waals surface area contributed by atoms with Gasteiger partial charge >= 0.3 is 0 Å². The maximum absolute atomic E-state index is 5.92. The van der Waals surface area contributed by atoms with Crippen LogP contribution in [0.3, 0.4) is 0 Å². The number of ether oxygens (including phenoxy) is 1. The number of rotatable bonds is 6. The minimum absolute atomic E-state index is 0.367. The molecule has 0 aliphatic carbocycles. The van der Waals surface area contributed by atoms with Gasteiger partial charge in [0.2, 0.25) is 0 Å². The van der Waals surface area contributed by atoms with Crippen LogP contribution in [0.25, 0.3) is 11.0 Å². The van der Waals surface area contributed by atoms with E-state index in [1.165, 1.54) is 18.4 Å². The standard InChI is InChI=1S/C19H27N5O/c1-2-20-19(23-16-12-14-8-9-18(16)25-14)21-10-5-11-24-13-22-15-6-3-4-7-17(15)24/h3-4,6-7,13-14,16,18H,2,5,8-12H2,1H3,(H2,20,21,23). The Hall–Kier alpha value is -2.08. The second-order valence-electron chi connectivity index (χ2n) is 6.90. The summed E-state index contributed by atoms with van der Waals surface area (Å²) in [7, 11) is 0. The molecule has 3 atom stereocenters. The molecule has 6 heteroatoms. The zero-order chi connectivity index (χ0) is 17.1. The van der Waals surface area contributed by atoms with Crippen LogP contribution in [-0.4, -0.2) is 46.8 Å². The highest BCUT2D eigenvalue weighted by molar-refractivity contribution is 5.80. The molecule has 0 saturated carbocycles. The summed E-state index contributed by atoms with van der Waals surface area (Å²) in [4.78, 5) is 9.19. The lowest BCUT2D eigenvalue weighted by molar-refractivity contribution is 0.0992. The first kappa shape index (κ1) is 16.4. The predicted octanol–water partition coefficient (Wildman–Crippen LogP) is 2.30. The Balaban J connectivity index is 1.31. The van der Waals surface area contributed by atoms with Crippen molar-refractivity contribution in [2.75, 3.05) is 13.1 Å². The van der Waals surface area contributed by atoms with Crippen molar-refractivity contribution in [1.82, 2.24) is 20.2 Å². The van der Waals surface area contributed by atoms with Crippen LogP contribution < -0.4 is 10.6 Å². The van der Waals surface area contributed by atoms with E-state index in [2.05, 4.69) is 45.3 Å². The molecule has 3 heterocycles. The Morgan fingerprint density at radius 2 is 2.28 bits per heavy atom. The largest absolute Gasteiger partial charge is 0.373 e. The summed E-state index contributed by atoms with van der Waals surface area (Å²) in [5.74, 6) is 0.916. The van der Waals surface area contributed by atoms with Gasteiger partial charge < -0.3 is 19.9 Å². The minimum Gasteiger partial charge on any atom is -0.373 e. The average Bonchev–Trinajstić information content (AvgIpc) is 3.34. The topological polar surface area (TPSA) is 63.5 Å². The van der Waals surface area contributed by atoms with Crippen LogP contribution >= 0.6 is 0 Å². The molecule has 2 bridgehead atoms. The van der Waals surface area contributed by atoms with Crippen LogP contribution in [0.15, 0.2) is 35.6 Å². The maximum Gasteiger partial charge on any atom is 0.191 e. The number of hydrogen-bond donors (Lipinski definition) is 2. The summed E-state index contributed by atoms with van der Waals surface area (Å²) < 4.78 is 8.13. The molecule has 0 spiro atoms. The smallest absolute Gasteiger partial charge is 0.191 e. The molecule has 2 aliphatic heterocycles. The zero-order valence-electron chi connectivity index (χ0n) is 14.8. The van der Waals surface area contributed by atoms with Gasteiger partial charge in [-0.15, -0.1) is 0 Å². The molecule has 3 unspecified atom stereocenters. The first-order valence-electron chi connectivity index (χ1n) is 9.43. The molecule has 2 N–H and O–H groups in total. The third-order valence-corrected chi connectivity index (χ3v) is 5.13. The number of aromatic nitrogens is 2. The molecule has 25 heavy (non-hydrogen) atoms. The molecular formula is C19H27N5O. The van der Waals surface area contributed by atoms with Crippen molar-refractivity contribution >= 4 is 17.0 Å². The first-order chi connectivity index (χ1) is 12.3. The fourth-order valence-corrected chi connectivity index (χ4v) is 3.91. The molecule has 2 aliphatic rings. The lowest BCUT2D eigenvalue weighted by Crippen LogP contribution is -2.47. The number of benzene rings is 1. The van der Waals surface area contributed by atoms with Crippen molar-refractivity contribution in [3.05, 3.63) is 30.6 Å². The summed E-state index contributed by atoms with van der Waals surface area (Å²) in [6.07, 6.45) is 7.24. The van der Waals surface area contributed by atoms with Gasteiger partial charge in [0, 0.05) is 19.6 Å². The molecule has 2 fully saturated rings. The van der Waals surface area contributed by atoms with Crippen molar-refractivity contribution in [2.45, 2.75) is 57.4 Å². The number of nitrogens with one attached hydrogen (secondary N) is 2. The summed E-state index contributed by atoms with van der Waals surface area (Å²) in [5.41, 5.74) is 2.24. The van der Waals surface area contributed by atoms with Crippen molar-refractivity contribution < 1.29 is 4.74 Å². The molecule has 0 radical (unpaired) electrons. The van der Waals surface area contributed by atoms with Gasteiger partial charge in [-0.1, -0.05) is 12.1 Å². The van der Waals surface area contributed by atoms with Crippen LogP contribution in [0.2, 0.25) is 0 Å². The van der Waals surface area contributed by atoms with Gasteiger partial charge in [-0.05, 0) is 44.7 Å². The Bertz CT molecular complexity index is 740. The number of guanidine groups is 1. The number of hydrogen-bond acceptors (Lipinski definition) is 3. The number of para-hydroxylation sites is 2. The van der Waals surface area contributed by atoms with Crippen LogP contribution in [0.1, 0.15) is 32.6 Å².